The van der Waals surface area contributed by atoms with E-state index in [4.69, 9.17) is 4.74 Å². The number of aryl methyl sites for hydroxylation is 1. The molecule has 3 aromatic heterocycles. The largest absolute Gasteiger partial charge is 0.485 e. The number of carboxylic acid groups (broad SMARTS) is 1. The van der Waals surface area contributed by atoms with Crippen LogP contribution in [0.4, 0.5) is 0 Å². The van der Waals surface area contributed by atoms with Gasteiger partial charge in [-0.2, -0.15) is 0 Å². The molecule has 6 heteroatoms. The van der Waals surface area contributed by atoms with Gasteiger partial charge in [-0.05, 0) is 24.6 Å². The van der Waals surface area contributed by atoms with Crippen LogP contribution < -0.4 is 4.74 Å². The smallest absolute Gasteiger partial charge is 0.349 e. The molecule has 0 aromatic carbocycles. The second-order valence-corrected chi connectivity index (χ2v) is 5.69. The molecule has 0 atom stereocenters. The Balaban J connectivity index is 1.80. The highest BCUT2D eigenvalue weighted by Crippen LogP contribution is 2.30. The lowest BCUT2D eigenvalue weighted by atomic mass is 10.3. The monoisotopic (exact) mass is 302 g/mol. The number of aromatic nitrogens is 2. The fraction of sp³-hybridized carbons (Fsp3) is 0.200. The molecule has 0 aliphatic carbocycles. The van der Waals surface area contributed by atoms with Crippen molar-refractivity contribution in [1.82, 2.24) is 9.38 Å². The number of aromatic carboxylic acids is 1. The zero-order chi connectivity index (χ0) is 14.8. The Morgan fingerprint density at radius 1 is 1.48 bits per heavy atom. The summed E-state index contributed by atoms with van der Waals surface area (Å²) in [7, 11) is 0. The van der Waals surface area contributed by atoms with E-state index in [0.717, 1.165) is 22.6 Å². The first-order valence-corrected chi connectivity index (χ1v) is 7.40. The first-order valence-electron chi connectivity index (χ1n) is 6.58. The number of nitrogens with zero attached hydrogens (tertiary/aromatic N) is 2. The quantitative estimate of drug-likeness (QED) is 0.786. The summed E-state index contributed by atoms with van der Waals surface area (Å²) >= 11 is 1.26. The van der Waals surface area contributed by atoms with Crippen LogP contribution in [0.15, 0.2) is 36.7 Å². The number of rotatable bonds is 5. The number of ether oxygens (including phenoxy) is 1. The fourth-order valence-corrected chi connectivity index (χ4v) is 2.94. The number of carbonyl (C=O) groups is 1. The Labute approximate surface area is 125 Å². The highest BCUT2D eigenvalue weighted by molar-refractivity contribution is 7.14. The molecule has 0 spiro atoms. The molecule has 0 radical (unpaired) electrons. The molecular weight excluding hydrogens is 288 g/mol. The molecule has 0 amide bonds. The van der Waals surface area contributed by atoms with Gasteiger partial charge in [0.25, 0.3) is 0 Å². The van der Waals surface area contributed by atoms with E-state index in [1.807, 2.05) is 41.9 Å². The van der Waals surface area contributed by atoms with Gasteiger partial charge >= 0.3 is 5.97 Å². The SMILES string of the molecule is CCc1cc(OCc2cn3ccccc3n2)c(C(=O)O)s1. The van der Waals surface area contributed by atoms with Crippen LogP contribution in [-0.2, 0) is 13.0 Å². The van der Waals surface area contributed by atoms with Gasteiger partial charge in [0, 0.05) is 17.3 Å². The molecule has 1 N–H and O–H groups in total. The molecule has 108 valence electrons. The predicted octanol–water partition coefficient (Wildman–Crippen LogP) is 3.24. The minimum atomic E-state index is -0.954. The van der Waals surface area contributed by atoms with Gasteiger partial charge in [-0.1, -0.05) is 13.0 Å². The van der Waals surface area contributed by atoms with E-state index in [-0.39, 0.29) is 11.5 Å². The standard InChI is InChI=1S/C15H14N2O3S/c1-2-11-7-12(14(21-11)15(18)19)20-9-10-8-17-6-4-3-5-13(17)16-10/h3-8H,2,9H2,1H3,(H,18,19). The van der Waals surface area contributed by atoms with Crippen molar-refractivity contribution >= 4 is 23.0 Å². The highest BCUT2D eigenvalue weighted by atomic mass is 32.1. The summed E-state index contributed by atoms with van der Waals surface area (Å²) in [4.78, 5) is 16.9. The Hall–Kier alpha value is -2.34. The van der Waals surface area contributed by atoms with Crippen molar-refractivity contribution in [3.8, 4) is 5.75 Å². The number of imidazole rings is 1. The van der Waals surface area contributed by atoms with E-state index < -0.39 is 5.97 Å². The summed E-state index contributed by atoms with van der Waals surface area (Å²) in [6.45, 7) is 2.24. The molecule has 3 heterocycles. The maximum Gasteiger partial charge on any atom is 0.349 e. The van der Waals surface area contributed by atoms with E-state index >= 15 is 0 Å². The van der Waals surface area contributed by atoms with Gasteiger partial charge in [0.15, 0.2) is 4.88 Å². The predicted molar refractivity (Wildman–Crippen MR) is 80.2 cm³/mol. The average Bonchev–Trinajstić information content (AvgIpc) is 3.08. The van der Waals surface area contributed by atoms with Crippen molar-refractivity contribution in [3.05, 3.63) is 52.1 Å². The Bertz CT molecular complexity index is 758. The first kappa shape index (κ1) is 13.6. The summed E-state index contributed by atoms with van der Waals surface area (Å²) in [5.41, 5.74) is 1.61. The van der Waals surface area contributed by atoms with E-state index in [1.54, 1.807) is 6.07 Å². The van der Waals surface area contributed by atoms with E-state index in [9.17, 15) is 9.90 Å². The van der Waals surface area contributed by atoms with E-state index in [0.29, 0.717) is 5.75 Å². The van der Waals surface area contributed by atoms with Crippen molar-refractivity contribution in [2.45, 2.75) is 20.0 Å². The van der Waals surface area contributed by atoms with Crippen LogP contribution >= 0.6 is 11.3 Å². The zero-order valence-corrected chi connectivity index (χ0v) is 12.3. The molecule has 0 unspecified atom stereocenters. The normalized spacial score (nSPS) is 10.9. The third-order valence-electron chi connectivity index (χ3n) is 3.08. The number of hydrogen-bond donors (Lipinski definition) is 1. The lowest BCUT2D eigenvalue weighted by Gasteiger charge is -2.02. The molecular formula is C15H14N2O3S. The molecule has 0 aliphatic rings. The summed E-state index contributed by atoms with van der Waals surface area (Å²) in [6, 6.07) is 7.55. The third-order valence-corrected chi connectivity index (χ3v) is 4.33. The molecule has 3 aromatic rings. The minimum Gasteiger partial charge on any atom is -0.485 e. The van der Waals surface area contributed by atoms with Crippen molar-refractivity contribution in [2.75, 3.05) is 0 Å². The Morgan fingerprint density at radius 3 is 3.05 bits per heavy atom. The topological polar surface area (TPSA) is 63.8 Å². The van der Waals surface area contributed by atoms with Crippen LogP contribution in [0.3, 0.4) is 0 Å². The number of thiophene rings is 1. The zero-order valence-electron chi connectivity index (χ0n) is 11.4. The van der Waals surface area contributed by atoms with E-state index in [2.05, 4.69) is 4.98 Å². The van der Waals surface area contributed by atoms with Crippen molar-refractivity contribution in [2.24, 2.45) is 0 Å². The van der Waals surface area contributed by atoms with Crippen molar-refractivity contribution in [3.63, 3.8) is 0 Å². The molecule has 0 bridgehead atoms. The number of fused-ring (bicyclic) bond motifs is 1. The van der Waals surface area contributed by atoms with Crippen LogP contribution in [0, 0.1) is 0 Å². The Kier molecular flexibility index (Phi) is 3.62. The number of pyridine rings is 1. The summed E-state index contributed by atoms with van der Waals surface area (Å²) < 4.78 is 7.55. The van der Waals surface area contributed by atoms with Crippen molar-refractivity contribution in [1.29, 1.82) is 0 Å². The summed E-state index contributed by atoms with van der Waals surface area (Å²) in [5, 5.41) is 9.20. The van der Waals surface area contributed by atoms with Gasteiger partial charge in [0.2, 0.25) is 0 Å². The molecule has 0 aliphatic heterocycles. The van der Waals surface area contributed by atoms with Gasteiger partial charge < -0.3 is 14.2 Å². The van der Waals surface area contributed by atoms with Gasteiger partial charge in [0.1, 0.15) is 18.0 Å². The average molecular weight is 302 g/mol. The first-order chi connectivity index (χ1) is 10.2. The summed E-state index contributed by atoms with van der Waals surface area (Å²) in [6.07, 6.45) is 4.58. The Morgan fingerprint density at radius 2 is 2.33 bits per heavy atom. The fourth-order valence-electron chi connectivity index (χ4n) is 2.06. The van der Waals surface area contributed by atoms with Crippen LogP contribution in [-0.4, -0.2) is 20.5 Å². The van der Waals surface area contributed by atoms with Crippen molar-refractivity contribution < 1.29 is 14.6 Å². The van der Waals surface area contributed by atoms with Gasteiger partial charge in [-0.15, -0.1) is 11.3 Å². The molecule has 0 fully saturated rings. The molecule has 3 rings (SSSR count). The number of hydrogen-bond acceptors (Lipinski definition) is 4. The second-order valence-electron chi connectivity index (χ2n) is 4.55. The van der Waals surface area contributed by atoms with Gasteiger partial charge in [-0.3, -0.25) is 0 Å². The summed E-state index contributed by atoms with van der Waals surface area (Å²) in [5.74, 6) is -0.536. The molecule has 0 saturated carbocycles. The molecule has 5 nitrogen and oxygen atoms in total. The van der Waals surface area contributed by atoms with Gasteiger partial charge in [0.05, 0.1) is 5.69 Å². The van der Waals surface area contributed by atoms with E-state index in [1.165, 1.54) is 11.3 Å². The van der Waals surface area contributed by atoms with Crippen LogP contribution in [0.5, 0.6) is 5.75 Å². The number of carboxylic acids is 1. The van der Waals surface area contributed by atoms with Crippen LogP contribution in [0.25, 0.3) is 5.65 Å². The lowest BCUT2D eigenvalue weighted by Crippen LogP contribution is -2.00. The van der Waals surface area contributed by atoms with Crippen LogP contribution in [0.1, 0.15) is 27.2 Å². The maximum atomic E-state index is 11.2. The third kappa shape index (κ3) is 2.75. The molecule has 21 heavy (non-hydrogen) atoms. The van der Waals surface area contributed by atoms with Crippen LogP contribution in [0.2, 0.25) is 0 Å². The minimum absolute atomic E-state index is 0.246. The molecule has 0 saturated heterocycles. The van der Waals surface area contributed by atoms with Gasteiger partial charge in [-0.25, -0.2) is 9.78 Å². The second kappa shape index (κ2) is 5.57. The maximum absolute atomic E-state index is 11.2. The lowest BCUT2D eigenvalue weighted by molar-refractivity contribution is 0.0697. The highest BCUT2D eigenvalue weighted by Gasteiger charge is 2.16.